The summed E-state index contributed by atoms with van der Waals surface area (Å²) in [4.78, 5) is 22.6. The van der Waals surface area contributed by atoms with Gasteiger partial charge < -0.3 is 9.90 Å². The Balaban J connectivity index is 3.40. The van der Waals surface area contributed by atoms with E-state index in [4.69, 9.17) is 5.39 Å². The number of aromatic carboxylic acids is 1. The van der Waals surface area contributed by atoms with Crippen LogP contribution in [0.15, 0.2) is 18.2 Å². The topological polar surface area (TPSA) is 111 Å². The SMILES string of the molecule is N#[N+]c1ccc([N+](=O)[O-])c(C(=O)[O-])c1. The molecule has 0 spiro atoms. The van der Waals surface area contributed by atoms with Gasteiger partial charge in [0.25, 0.3) is 5.69 Å². The van der Waals surface area contributed by atoms with Gasteiger partial charge in [0.2, 0.25) is 5.39 Å². The van der Waals surface area contributed by atoms with Crippen molar-refractivity contribution in [1.29, 1.82) is 5.39 Å². The van der Waals surface area contributed by atoms with Crippen LogP contribution in [-0.4, -0.2) is 10.9 Å². The van der Waals surface area contributed by atoms with Crippen molar-refractivity contribution in [3.8, 4) is 0 Å². The number of carboxylic acid groups (broad SMARTS) is 1. The Labute approximate surface area is 77.4 Å². The fourth-order valence-electron chi connectivity index (χ4n) is 0.909. The molecule has 0 aliphatic heterocycles. The van der Waals surface area contributed by atoms with Crippen LogP contribution in [0.5, 0.6) is 0 Å². The van der Waals surface area contributed by atoms with Crippen molar-refractivity contribution < 1.29 is 14.8 Å². The highest BCUT2D eigenvalue weighted by Crippen LogP contribution is 2.23. The third kappa shape index (κ3) is 1.64. The van der Waals surface area contributed by atoms with Crippen molar-refractivity contribution >= 4 is 17.3 Å². The second kappa shape index (κ2) is 3.49. The Hall–Kier alpha value is -2.49. The highest BCUT2D eigenvalue weighted by atomic mass is 16.6. The van der Waals surface area contributed by atoms with E-state index in [9.17, 15) is 20.0 Å². The lowest BCUT2D eigenvalue weighted by Crippen LogP contribution is -2.23. The quantitative estimate of drug-likeness (QED) is 0.384. The first-order valence-electron chi connectivity index (χ1n) is 3.41. The van der Waals surface area contributed by atoms with Crippen LogP contribution < -0.4 is 5.11 Å². The lowest BCUT2D eigenvalue weighted by Gasteiger charge is -2.00. The Morgan fingerprint density at radius 3 is 2.57 bits per heavy atom. The van der Waals surface area contributed by atoms with Gasteiger partial charge in [-0.1, -0.05) is 0 Å². The number of nitro benzene ring substituents is 1. The molecule has 14 heavy (non-hydrogen) atoms. The maximum atomic E-state index is 10.5. The zero-order valence-corrected chi connectivity index (χ0v) is 6.71. The number of hydrogen-bond donors (Lipinski definition) is 0. The van der Waals surface area contributed by atoms with Gasteiger partial charge in [-0.15, -0.1) is 0 Å². The number of nitrogens with zero attached hydrogens (tertiary/aromatic N) is 3. The molecule has 1 aromatic carbocycles. The monoisotopic (exact) mass is 193 g/mol. The average Bonchev–Trinajstić information content (AvgIpc) is 2.16. The predicted molar refractivity (Wildman–Crippen MR) is 42.2 cm³/mol. The lowest BCUT2D eigenvalue weighted by atomic mass is 10.1. The molecule has 0 atom stereocenters. The number of carbonyl (C=O) groups excluding carboxylic acids is 1. The smallest absolute Gasteiger partial charge is 0.386 e. The van der Waals surface area contributed by atoms with Crippen LogP contribution >= 0.6 is 0 Å². The highest BCUT2D eigenvalue weighted by molar-refractivity contribution is 5.92. The lowest BCUT2D eigenvalue weighted by molar-refractivity contribution is -0.385. The van der Waals surface area contributed by atoms with Gasteiger partial charge in [0.05, 0.1) is 16.5 Å². The molecular weight excluding hydrogens is 190 g/mol. The molecule has 0 amide bonds. The fraction of sp³-hybridized carbons (Fsp3) is 0. The second-order valence-electron chi connectivity index (χ2n) is 2.35. The first-order chi connectivity index (χ1) is 6.56. The first kappa shape index (κ1) is 9.60. The Kier molecular flexibility index (Phi) is 2.39. The van der Waals surface area contributed by atoms with E-state index >= 15 is 0 Å². The zero-order chi connectivity index (χ0) is 10.7. The van der Waals surface area contributed by atoms with Crippen LogP contribution in [0.1, 0.15) is 10.4 Å². The number of benzene rings is 1. The van der Waals surface area contributed by atoms with Crippen molar-refractivity contribution in [1.82, 2.24) is 0 Å². The van der Waals surface area contributed by atoms with Crippen molar-refractivity contribution in [2.75, 3.05) is 0 Å². The Morgan fingerprint density at radius 2 is 2.14 bits per heavy atom. The average molecular weight is 193 g/mol. The number of carbonyl (C=O) groups is 1. The van der Waals surface area contributed by atoms with Gasteiger partial charge in [-0.25, -0.2) is 0 Å². The number of rotatable bonds is 2. The molecule has 0 bridgehead atoms. The summed E-state index contributed by atoms with van der Waals surface area (Å²) in [5.41, 5.74) is -1.31. The van der Waals surface area contributed by atoms with Crippen molar-refractivity contribution in [3.05, 3.63) is 38.9 Å². The molecule has 0 radical (unpaired) electrons. The van der Waals surface area contributed by atoms with Crippen LogP contribution in [0, 0.1) is 15.5 Å². The van der Waals surface area contributed by atoms with Crippen LogP contribution in [0.2, 0.25) is 0 Å². The standard InChI is InChI=1S/C7H3N3O4/c8-9-4-1-2-6(10(13)14)5(3-4)7(11)12/h1-3H. The fourth-order valence-corrected chi connectivity index (χ4v) is 0.909. The van der Waals surface area contributed by atoms with Gasteiger partial charge in [-0.2, -0.15) is 0 Å². The van der Waals surface area contributed by atoms with E-state index in [1.807, 2.05) is 0 Å². The molecule has 1 aromatic rings. The van der Waals surface area contributed by atoms with E-state index in [2.05, 4.69) is 4.98 Å². The van der Waals surface area contributed by atoms with Gasteiger partial charge in [-0.3, -0.25) is 10.1 Å². The molecule has 7 heteroatoms. The molecule has 0 N–H and O–H groups in total. The van der Waals surface area contributed by atoms with Crippen LogP contribution in [0.25, 0.3) is 4.98 Å². The molecule has 0 fully saturated rings. The van der Waals surface area contributed by atoms with E-state index < -0.39 is 22.1 Å². The summed E-state index contributed by atoms with van der Waals surface area (Å²) in [5, 5.41) is 29.1. The molecule has 0 aromatic heterocycles. The van der Waals surface area contributed by atoms with Gasteiger partial charge in [0, 0.05) is 18.2 Å². The molecule has 0 aliphatic carbocycles. The Morgan fingerprint density at radius 1 is 1.50 bits per heavy atom. The molecular formula is C7H3N3O4. The highest BCUT2D eigenvalue weighted by Gasteiger charge is 2.18. The van der Waals surface area contributed by atoms with Crippen LogP contribution in [0.4, 0.5) is 11.4 Å². The molecule has 0 saturated heterocycles. The summed E-state index contributed by atoms with van der Waals surface area (Å²) >= 11 is 0. The number of nitro groups is 1. The minimum Gasteiger partial charge on any atom is -0.545 e. The summed E-state index contributed by atoms with van der Waals surface area (Å²) < 4.78 is 0. The second-order valence-corrected chi connectivity index (χ2v) is 2.35. The minimum absolute atomic E-state index is 0.0881. The summed E-state index contributed by atoms with van der Waals surface area (Å²) in [6.45, 7) is 0. The predicted octanol–water partition coefficient (Wildman–Crippen LogP) is 0.443. The van der Waals surface area contributed by atoms with Crippen LogP contribution in [-0.2, 0) is 0 Å². The maximum Gasteiger partial charge on any atom is 0.386 e. The number of carboxylic acids is 1. The first-order valence-corrected chi connectivity index (χ1v) is 3.41. The molecule has 0 aliphatic rings. The zero-order valence-electron chi connectivity index (χ0n) is 6.71. The van der Waals surface area contributed by atoms with Gasteiger partial charge in [-0.05, 0) is 0 Å². The molecule has 0 unspecified atom stereocenters. The van der Waals surface area contributed by atoms with Crippen molar-refractivity contribution in [2.24, 2.45) is 0 Å². The van der Waals surface area contributed by atoms with E-state index in [1.165, 1.54) is 0 Å². The van der Waals surface area contributed by atoms with E-state index in [1.54, 1.807) is 0 Å². The number of hydrogen-bond acceptors (Lipinski definition) is 5. The van der Waals surface area contributed by atoms with E-state index in [0.29, 0.717) is 0 Å². The minimum atomic E-state index is -1.69. The third-order valence-electron chi connectivity index (χ3n) is 1.51. The normalized spacial score (nSPS) is 9.07. The van der Waals surface area contributed by atoms with Crippen molar-refractivity contribution in [2.45, 2.75) is 0 Å². The molecule has 7 nitrogen and oxygen atoms in total. The van der Waals surface area contributed by atoms with Crippen molar-refractivity contribution in [3.63, 3.8) is 0 Å². The summed E-state index contributed by atoms with van der Waals surface area (Å²) in [5.74, 6) is -1.69. The van der Waals surface area contributed by atoms with E-state index in [-0.39, 0.29) is 5.69 Å². The summed E-state index contributed by atoms with van der Waals surface area (Å²) in [7, 11) is 0. The van der Waals surface area contributed by atoms with Gasteiger partial charge in [0.15, 0.2) is 4.98 Å². The molecule has 0 heterocycles. The van der Waals surface area contributed by atoms with Crippen LogP contribution in [0.3, 0.4) is 0 Å². The number of diazo groups is 1. The largest absolute Gasteiger partial charge is 0.545 e. The molecule has 1 rings (SSSR count). The van der Waals surface area contributed by atoms with E-state index in [0.717, 1.165) is 18.2 Å². The summed E-state index contributed by atoms with van der Waals surface area (Å²) in [6.07, 6.45) is 0. The van der Waals surface area contributed by atoms with Gasteiger partial charge >= 0.3 is 5.69 Å². The van der Waals surface area contributed by atoms with Gasteiger partial charge in [0.1, 0.15) is 0 Å². The molecule has 70 valence electrons. The third-order valence-corrected chi connectivity index (χ3v) is 1.51. The Bertz CT molecular complexity index is 449. The summed E-state index contributed by atoms with van der Waals surface area (Å²) in [6, 6.07) is 2.90. The maximum absolute atomic E-state index is 10.5. The molecule has 0 saturated carbocycles.